The highest BCUT2D eigenvalue weighted by Gasteiger charge is 2.23. The van der Waals surface area contributed by atoms with Crippen LogP contribution in [-0.4, -0.2) is 40.5 Å². The first-order valence-corrected chi connectivity index (χ1v) is 7.06. The maximum atomic E-state index is 12.4. The van der Waals surface area contributed by atoms with Crippen molar-refractivity contribution in [2.24, 2.45) is 0 Å². The number of aromatic nitrogens is 2. The lowest BCUT2D eigenvalue weighted by molar-refractivity contribution is 0.0583. The monoisotopic (exact) mass is 283 g/mol. The highest BCUT2D eigenvalue weighted by molar-refractivity contribution is 5.91. The Labute approximate surface area is 123 Å². The number of ether oxygens (including phenoxy) is 1. The minimum Gasteiger partial charge on any atom is -0.372 e. The third-order valence-corrected chi connectivity index (χ3v) is 3.58. The summed E-state index contributed by atoms with van der Waals surface area (Å²) in [7, 11) is 0. The first-order chi connectivity index (χ1) is 10.3. The Morgan fingerprint density at radius 3 is 2.81 bits per heavy atom. The molecule has 2 aromatic rings. The van der Waals surface area contributed by atoms with Crippen molar-refractivity contribution < 1.29 is 9.53 Å². The van der Waals surface area contributed by atoms with E-state index in [-0.39, 0.29) is 12.0 Å². The van der Waals surface area contributed by atoms with E-state index in [0.717, 1.165) is 12.0 Å². The van der Waals surface area contributed by atoms with Gasteiger partial charge in [-0.25, -0.2) is 4.98 Å². The van der Waals surface area contributed by atoms with Crippen LogP contribution < -0.4 is 0 Å². The Kier molecular flexibility index (Phi) is 4.21. The number of carbonyl (C=O) groups is 1. The molecule has 1 aromatic carbocycles. The molecule has 0 spiro atoms. The molecule has 1 amide bonds. The van der Waals surface area contributed by atoms with Crippen molar-refractivity contribution in [1.29, 1.82) is 0 Å². The van der Waals surface area contributed by atoms with Crippen LogP contribution in [0, 0.1) is 0 Å². The number of amides is 1. The molecule has 1 fully saturated rings. The van der Waals surface area contributed by atoms with Gasteiger partial charge >= 0.3 is 0 Å². The van der Waals surface area contributed by atoms with Crippen LogP contribution in [0.1, 0.15) is 28.6 Å². The van der Waals surface area contributed by atoms with Gasteiger partial charge < -0.3 is 9.64 Å². The van der Waals surface area contributed by atoms with E-state index in [1.807, 2.05) is 18.2 Å². The fraction of sp³-hybridized carbons (Fsp3) is 0.312. The second kappa shape index (κ2) is 6.45. The molecule has 1 aromatic heterocycles. The zero-order valence-corrected chi connectivity index (χ0v) is 11.7. The van der Waals surface area contributed by atoms with Crippen molar-refractivity contribution in [3.05, 3.63) is 60.2 Å². The molecule has 21 heavy (non-hydrogen) atoms. The third-order valence-electron chi connectivity index (χ3n) is 3.58. The summed E-state index contributed by atoms with van der Waals surface area (Å²) in [5.41, 5.74) is 1.54. The summed E-state index contributed by atoms with van der Waals surface area (Å²) < 4.78 is 5.88. The van der Waals surface area contributed by atoms with Crippen LogP contribution in [0.3, 0.4) is 0 Å². The molecule has 1 aliphatic rings. The molecule has 0 radical (unpaired) electrons. The van der Waals surface area contributed by atoms with Gasteiger partial charge in [-0.2, -0.15) is 0 Å². The lowest BCUT2D eigenvalue weighted by Gasteiger charge is -2.19. The number of carbonyl (C=O) groups excluding carboxylic acids is 1. The van der Waals surface area contributed by atoms with E-state index in [0.29, 0.717) is 25.4 Å². The minimum atomic E-state index is -0.0830. The van der Waals surface area contributed by atoms with E-state index >= 15 is 0 Å². The van der Waals surface area contributed by atoms with Gasteiger partial charge in [0.25, 0.3) is 5.91 Å². The van der Waals surface area contributed by atoms with Gasteiger partial charge in [0.1, 0.15) is 5.69 Å². The molecule has 3 rings (SSSR count). The van der Waals surface area contributed by atoms with Crippen molar-refractivity contribution in [3.8, 4) is 0 Å². The van der Waals surface area contributed by atoms with Crippen molar-refractivity contribution in [2.45, 2.75) is 12.5 Å². The molecule has 0 N–H and O–H groups in total. The lowest BCUT2D eigenvalue weighted by atomic mass is 10.1. The molecule has 0 saturated carbocycles. The highest BCUT2D eigenvalue weighted by atomic mass is 16.5. The molecular formula is C16H17N3O2. The minimum absolute atomic E-state index is 0.0471. The maximum Gasteiger partial charge on any atom is 0.274 e. The van der Waals surface area contributed by atoms with Crippen LogP contribution in [0.5, 0.6) is 0 Å². The standard InChI is InChI=1S/C16H17N3O2/c20-16(14-12-17-7-8-18-14)19-9-6-15(21-11-10-19)13-4-2-1-3-5-13/h1-5,7-8,12,15H,6,9-11H2/t15-/m0/s1. The van der Waals surface area contributed by atoms with Crippen LogP contribution >= 0.6 is 0 Å². The average molecular weight is 283 g/mol. The van der Waals surface area contributed by atoms with Crippen LogP contribution in [0.25, 0.3) is 0 Å². The Balaban J connectivity index is 1.67. The lowest BCUT2D eigenvalue weighted by Crippen LogP contribution is -2.33. The number of hydrogen-bond donors (Lipinski definition) is 0. The molecule has 108 valence electrons. The van der Waals surface area contributed by atoms with Crippen molar-refractivity contribution in [1.82, 2.24) is 14.9 Å². The first-order valence-electron chi connectivity index (χ1n) is 7.06. The van der Waals surface area contributed by atoms with Gasteiger partial charge in [-0.15, -0.1) is 0 Å². The Bertz CT molecular complexity index is 589. The van der Waals surface area contributed by atoms with Gasteiger partial charge in [-0.3, -0.25) is 9.78 Å². The topological polar surface area (TPSA) is 55.3 Å². The molecule has 5 heteroatoms. The number of nitrogens with zero attached hydrogens (tertiary/aromatic N) is 3. The summed E-state index contributed by atoms with van der Waals surface area (Å²) in [5, 5.41) is 0. The molecule has 5 nitrogen and oxygen atoms in total. The zero-order valence-electron chi connectivity index (χ0n) is 11.7. The quantitative estimate of drug-likeness (QED) is 0.846. The summed E-state index contributed by atoms with van der Waals surface area (Å²) in [6, 6.07) is 10.1. The third kappa shape index (κ3) is 3.25. The second-order valence-electron chi connectivity index (χ2n) is 4.94. The summed E-state index contributed by atoms with van der Waals surface area (Å²) in [6.07, 6.45) is 5.44. The zero-order chi connectivity index (χ0) is 14.5. The molecular weight excluding hydrogens is 266 g/mol. The van der Waals surface area contributed by atoms with E-state index in [4.69, 9.17) is 4.74 Å². The fourth-order valence-electron chi connectivity index (χ4n) is 2.48. The van der Waals surface area contributed by atoms with Gasteiger partial charge in [0.15, 0.2) is 0 Å². The molecule has 1 aliphatic heterocycles. The first kappa shape index (κ1) is 13.7. The Hall–Kier alpha value is -2.27. The molecule has 0 bridgehead atoms. The van der Waals surface area contributed by atoms with Gasteiger partial charge in [0.2, 0.25) is 0 Å². The smallest absolute Gasteiger partial charge is 0.274 e. The van der Waals surface area contributed by atoms with Crippen molar-refractivity contribution >= 4 is 5.91 Å². The van der Waals surface area contributed by atoms with Crippen LogP contribution in [0.15, 0.2) is 48.9 Å². The van der Waals surface area contributed by atoms with Crippen molar-refractivity contribution in [2.75, 3.05) is 19.7 Å². The van der Waals surface area contributed by atoms with Crippen LogP contribution in [-0.2, 0) is 4.74 Å². The summed E-state index contributed by atoms with van der Waals surface area (Å²) >= 11 is 0. The molecule has 1 saturated heterocycles. The predicted octanol–water partition coefficient (Wildman–Crippen LogP) is 2.08. The van der Waals surface area contributed by atoms with E-state index in [2.05, 4.69) is 22.1 Å². The second-order valence-corrected chi connectivity index (χ2v) is 4.94. The number of benzene rings is 1. The fourth-order valence-corrected chi connectivity index (χ4v) is 2.48. The van der Waals surface area contributed by atoms with E-state index < -0.39 is 0 Å². The average Bonchev–Trinajstić information content (AvgIpc) is 2.82. The number of hydrogen-bond acceptors (Lipinski definition) is 4. The largest absolute Gasteiger partial charge is 0.372 e. The summed E-state index contributed by atoms with van der Waals surface area (Å²) in [6.45, 7) is 1.78. The summed E-state index contributed by atoms with van der Waals surface area (Å²) in [4.78, 5) is 22.2. The maximum absolute atomic E-state index is 12.4. The molecule has 0 unspecified atom stereocenters. The van der Waals surface area contributed by atoms with Gasteiger partial charge in [-0.05, 0) is 12.0 Å². The van der Waals surface area contributed by atoms with Crippen LogP contribution in [0.2, 0.25) is 0 Å². The normalized spacial score (nSPS) is 19.0. The van der Waals surface area contributed by atoms with E-state index in [9.17, 15) is 4.79 Å². The van der Waals surface area contributed by atoms with Crippen molar-refractivity contribution in [3.63, 3.8) is 0 Å². The Morgan fingerprint density at radius 1 is 1.19 bits per heavy atom. The Morgan fingerprint density at radius 2 is 2.05 bits per heavy atom. The summed E-state index contributed by atoms with van der Waals surface area (Å²) in [5.74, 6) is -0.0830. The van der Waals surface area contributed by atoms with E-state index in [1.54, 1.807) is 11.1 Å². The predicted molar refractivity (Wildman–Crippen MR) is 77.7 cm³/mol. The van der Waals surface area contributed by atoms with Gasteiger partial charge in [-0.1, -0.05) is 30.3 Å². The molecule has 1 atom stereocenters. The highest BCUT2D eigenvalue weighted by Crippen LogP contribution is 2.23. The van der Waals surface area contributed by atoms with Gasteiger partial charge in [0.05, 0.1) is 18.9 Å². The van der Waals surface area contributed by atoms with Crippen LogP contribution in [0.4, 0.5) is 0 Å². The molecule has 0 aliphatic carbocycles. The SMILES string of the molecule is O=C(c1cnccn1)N1CCO[C@H](c2ccccc2)CC1. The van der Waals surface area contributed by atoms with E-state index in [1.165, 1.54) is 12.4 Å². The molecule has 2 heterocycles. The van der Waals surface area contributed by atoms with Gasteiger partial charge in [0, 0.05) is 25.5 Å². The number of rotatable bonds is 2.